The van der Waals surface area contributed by atoms with Gasteiger partial charge >= 0.3 is 6.18 Å². The number of carbonyl (C=O) groups excluding carboxylic acids is 1. The van der Waals surface area contributed by atoms with E-state index in [-0.39, 0.29) is 17.7 Å². The maximum absolute atomic E-state index is 13.5. The number of carbonyl (C=O) groups is 1. The Morgan fingerprint density at radius 3 is 2.71 bits per heavy atom. The number of nitrogens with zero attached hydrogens (tertiary/aromatic N) is 1. The lowest BCUT2D eigenvalue weighted by atomic mass is 9.97. The predicted molar refractivity (Wildman–Crippen MR) is 76.4 cm³/mol. The van der Waals surface area contributed by atoms with Gasteiger partial charge in [-0.3, -0.25) is 0 Å². The third-order valence-electron chi connectivity index (χ3n) is 3.79. The van der Waals surface area contributed by atoms with Gasteiger partial charge in [0, 0.05) is 12.2 Å². The van der Waals surface area contributed by atoms with E-state index in [1.165, 1.54) is 18.2 Å². The normalized spacial score (nSPS) is 19.4. The third kappa shape index (κ3) is 3.28. The van der Waals surface area contributed by atoms with Crippen LogP contribution in [-0.4, -0.2) is 18.9 Å². The van der Waals surface area contributed by atoms with E-state index in [0.29, 0.717) is 13.0 Å². The Bertz CT molecular complexity index is 525. The van der Waals surface area contributed by atoms with Crippen LogP contribution in [0.2, 0.25) is 0 Å². The van der Waals surface area contributed by atoms with Crippen LogP contribution in [0.25, 0.3) is 0 Å². The van der Waals surface area contributed by atoms with E-state index in [0.717, 1.165) is 19.1 Å². The second-order valence-electron chi connectivity index (χ2n) is 5.19. The van der Waals surface area contributed by atoms with Crippen molar-refractivity contribution < 1.29 is 18.0 Å². The SMILES string of the molecule is C=CCc1cccc(N2CCCCC2C=O)c1C(F)(F)F. The van der Waals surface area contributed by atoms with E-state index in [1.807, 2.05) is 0 Å². The first-order chi connectivity index (χ1) is 9.99. The van der Waals surface area contributed by atoms with E-state index in [2.05, 4.69) is 6.58 Å². The number of anilines is 1. The molecule has 1 unspecified atom stereocenters. The maximum atomic E-state index is 13.5. The van der Waals surface area contributed by atoms with Gasteiger partial charge in [0.2, 0.25) is 0 Å². The molecule has 0 radical (unpaired) electrons. The highest BCUT2D eigenvalue weighted by molar-refractivity contribution is 5.69. The van der Waals surface area contributed by atoms with E-state index < -0.39 is 17.8 Å². The van der Waals surface area contributed by atoms with Crippen molar-refractivity contribution in [2.24, 2.45) is 0 Å². The maximum Gasteiger partial charge on any atom is 0.418 e. The Morgan fingerprint density at radius 1 is 1.33 bits per heavy atom. The fourth-order valence-corrected chi connectivity index (χ4v) is 2.88. The standard InChI is InChI=1S/C16H18F3NO/c1-2-6-12-7-5-9-14(15(12)16(17,18)19)20-10-4-3-8-13(20)11-21/h2,5,7,9,11,13H,1,3-4,6,8,10H2. The Hall–Kier alpha value is -1.78. The van der Waals surface area contributed by atoms with Crippen LogP contribution in [0.15, 0.2) is 30.9 Å². The van der Waals surface area contributed by atoms with Crippen molar-refractivity contribution in [2.75, 3.05) is 11.4 Å². The molecular weight excluding hydrogens is 279 g/mol. The van der Waals surface area contributed by atoms with Crippen LogP contribution in [-0.2, 0) is 17.4 Å². The summed E-state index contributed by atoms with van der Waals surface area (Å²) in [5.41, 5.74) is -0.331. The zero-order chi connectivity index (χ0) is 15.5. The highest BCUT2D eigenvalue weighted by Gasteiger charge is 2.38. The molecule has 0 N–H and O–H groups in total. The van der Waals surface area contributed by atoms with E-state index in [9.17, 15) is 18.0 Å². The summed E-state index contributed by atoms with van der Waals surface area (Å²) in [7, 11) is 0. The number of piperidine rings is 1. The minimum absolute atomic E-state index is 0.110. The largest absolute Gasteiger partial charge is 0.418 e. The van der Waals surface area contributed by atoms with Crippen molar-refractivity contribution in [1.29, 1.82) is 0 Å². The molecule has 0 saturated carbocycles. The zero-order valence-corrected chi connectivity index (χ0v) is 11.7. The van der Waals surface area contributed by atoms with E-state index >= 15 is 0 Å². The number of benzene rings is 1. The minimum Gasteiger partial charge on any atom is -0.361 e. The molecule has 2 rings (SSSR count). The Labute approximate surface area is 122 Å². The van der Waals surface area contributed by atoms with Gasteiger partial charge in [0.15, 0.2) is 0 Å². The van der Waals surface area contributed by atoms with Gasteiger partial charge in [0.05, 0.1) is 11.6 Å². The Balaban J connectivity index is 2.53. The molecule has 1 aromatic carbocycles. The summed E-state index contributed by atoms with van der Waals surface area (Å²) in [6.45, 7) is 3.99. The van der Waals surface area contributed by atoms with Crippen LogP contribution in [0.1, 0.15) is 30.4 Å². The lowest BCUT2D eigenvalue weighted by molar-refractivity contribution is -0.137. The van der Waals surface area contributed by atoms with Crippen LogP contribution in [0.4, 0.5) is 18.9 Å². The number of halogens is 3. The predicted octanol–water partition coefficient (Wildman–Crippen LogP) is 3.99. The van der Waals surface area contributed by atoms with E-state index in [4.69, 9.17) is 0 Å². The first-order valence-corrected chi connectivity index (χ1v) is 7.01. The lowest BCUT2D eigenvalue weighted by Gasteiger charge is -2.36. The summed E-state index contributed by atoms with van der Waals surface area (Å²) in [5, 5.41) is 0. The van der Waals surface area contributed by atoms with Gasteiger partial charge in [-0.15, -0.1) is 6.58 Å². The molecule has 1 saturated heterocycles. The topological polar surface area (TPSA) is 20.3 Å². The van der Waals surface area contributed by atoms with Gasteiger partial charge in [-0.25, -0.2) is 0 Å². The molecule has 5 heteroatoms. The molecule has 1 fully saturated rings. The van der Waals surface area contributed by atoms with E-state index in [1.54, 1.807) is 11.0 Å². The zero-order valence-electron chi connectivity index (χ0n) is 11.7. The average molecular weight is 297 g/mol. The summed E-state index contributed by atoms with van der Waals surface area (Å²) in [5.74, 6) is 0. The molecule has 0 amide bonds. The molecule has 114 valence electrons. The third-order valence-corrected chi connectivity index (χ3v) is 3.79. The van der Waals surface area contributed by atoms with Gasteiger partial charge in [0.25, 0.3) is 0 Å². The highest BCUT2D eigenvalue weighted by Crippen LogP contribution is 2.41. The first-order valence-electron chi connectivity index (χ1n) is 7.01. The molecule has 0 spiro atoms. The number of alkyl halides is 3. The van der Waals surface area contributed by atoms with Gasteiger partial charge in [0.1, 0.15) is 6.29 Å². The van der Waals surface area contributed by atoms with Crippen molar-refractivity contribution in [1.82, 2.24) is 0 Å². The molecule has 1 atom stereocenters. The number of hydrogen-bond donors (Lipinski definition) is 0. The van der Waals surface area contributed by atoms with Crippen molar-refractivity contribution in [2.45, 2.75) is 37.9 Å². The fourth-order valence-electron chi connectivity index (χ4n) is 2.88. The molecule has 0 aliphatic carbocycles. The van der Waals surface area contributed by atoms with Crippen LogP contribution < -0.4 is 4.90 Å². The van der Waals surface area contributed by atoms with Crippen LogP contribution in [0.5, 0.6) is 0 Å². The number of allylic oxidation sites excluding steroid dienone is 1. The van der Waals surface area contributed by atoms with Gasteiger partial charge in [-0.05, 0) is 37.3 Å². The molecule has 1 heterocycles. The molecule has 1 aliphatic rings. The van der Waals surface area contributed by atoms with Crippen molar-refractivity contribution in [3.63, 3.8) is 0 Å². The van der Waals surface area contributed by atoms with Crippen LogP contribution in [0, 0.1) is 0 Å². The van der Waals surface area contributed by atoms with Gasteiger partial charge in [-0.1, -0.05) is 18.2 Å². The van der Waals surface area contributed by atoms with Crippen LogP contribution in [0.3, 0.4) is 0 Å². The highest BCUT2D eigenvalue weighted by atomic mass is 19.4. The fraction of sp³-hybridized carbons (Fsp3) is 0.438. The molecule has 2 nitrogen and oxygen atoms in total. The summed E-state index contributed by atoms with van der Waals surface area (Å²) in [6, 6.07) is 4.06. The minimum atomic E-state index is -4.44. The number of rotatable bonds is 4. The van der Waals surface area contributed by atoms with Crippen molar-refractivity contribution >= 4 is 12.0 Å². The summed E-state index contributed by atoms with van der Waals surface area (Å²) >= 11 is 0. The molecule has 21 heavy (non-hydrogen) atoms. The van der Waals surface area contributed by atoms with Crippen LogP contribution >= 0.6 is 0 Å². The monoisotopic (exact) mass is 297 g/mol. The summed E-state index contributed by atoms with van der Waals surface area (Å²) in [6.07, 6.45) is 0.191. The van der Waals surface area contributed by atoms with Gasteiger partial charge < -0.3 is 9.69 Å². The van der Waals surface area contributed by atoms with Gasteiger partial charge in [-0.2, -0.15) is 13.2 Å². The lowest BCUT2D eigenvalue weighted by Crippen LogP contribution is -2.41. The number of aldehydes is 1. The second kappa shape index (κ2) is 6.33. The summed E-state index contributed by atoms with van der Waals surface area (Å²) in [4.78, 5) is 12.8. The average Bonchev–Trinajstić information content (AvgIpc) is 2.46. The molecule has 0 bridgehead atoms. The Kier molecular flexibility index (Phi) is 4.70. The van der Waals surface area contributed by atoms with Crippen molar-refractivity contribution in [3.05, 3.63) is 42.0 Å². The first kappa shape index (κ1) is 15.6. The molecule has 1 aromatic rings. The quantitative estimate of drug-likeness (QED) is 0.618. The summed E-state index contributed by atoms with van der Waals surface area (Å²) < 4.78 is 40.4. The molecule has 1 aliphatic heterocycles. The second-order valence-corrected chi connectivity index (χ2v) is 5.19. The van der Waals surface area contributed by atoms with Crippen molar-refractivity contribution in [3.8, 4) is 0 Å². The molecule has 0 aromatic heterocycles. The Morgan fingerprint density at radius 2 is 2.10 bits per heavy atom. The smallest absolute Gasteiger partial charge is 0.361 e. The molecular formula is C16H18F3NO. The number of hydrogen-bond acceptors (Lipinski definition) is 2.